The highest BCUT2D eigenvalue weighted by Crippen LogP contribution is 2.37. The first-order chi connectivity index (χ1) is 13.8. The minimum Gasteiger partial charge on any atom is -0.467 e. The first kappa shape index (κ1) is 17.7. The lowest BCUT2D eigenvalue weighted by atomic mass is 9.83. The lowest BCUT2D eigenvalue weighted by Gasteiger charge is -2.24. The molecule has 6 heteroatoms. The number of carbonyl (C=O) groups excluding carboxylic acids is 2. The lowest BCUT2D eigenvalue weighted by Crippen LogP contribution is -2.23. The third-order valence-corrected chi connectivity index (χ3v) is 4.72. The minimum absolute atomic E-state index is 0.0775. The summed E-state index contributed by atoms with van der Waals surface area (Å²) in [5.41, 5.74) is 3.22. The third kappa shape index (κ3) is 3.32. The van der Waals surface area contributed by atoms with E-state index in [1.807, 2.05) is 42.5 Å². The maximum Gasteiger partial charge on any atom is 0.293 e. The molecule has 1 aromatic carbocycles. The van der Waals surface area contributed by atoms with E-state index in [1.54, 1.807) is 30.7 Å². The highest BCUT2D eigenvalue weighted by Gasteiger charge is 2.32. The van der Waals surface area contributed by atoms with Gasteiger partial charge in [0.2, 0.25) is 0 Å². The number of carbonyl (C=O) groups is 2. The molecule has 4 rings (SSSR count). The maximum absolute atomic E-state index is 13.4. The third-order valence-electron chi connectivity index (χ3n) is 4.72. The molecule has 3 aromatic rings. The average Bonchev–Trinajstić information content (AvgIpc) is 2.76. The molecule has 1 aliphatic rings. The van der Waals surface area contributed by atoms with Crippen LogP contribution < -0.4 is 0 Å². The Bertz CT molecular complexity index is 1020. The van der Waals surface area contributed by atoms with Crippen LogP contribution in [0.2, 0.25) is 0 Å². The zero-order chi connectivity index (χ0) is 19.3. The zero-order valence-electron chi connectivity index (χ0n) is 14.9. The summed E-state index contributed by atoms with van der Waals surface area (Å²) in [6.45, 7) is 0.490. The standard InChI is InChI=1S/C22H17N3O3/c26-14-28-13-17(19-8-2-4-11-24-19)15-6-5-9-20-21(15)22(27)16(12-25-20)18-7-1-3-10-23-18/h1-12,14,16-17H,13H2. The maximum atomic E-state index is 13.4. The van der Waals surface area contributed by atoms with E-state index < -0.39 is 5.92 Å². The van der Waals surface area contributed by atoms with Gasteiger partial charge in [-0.25, -0.2) is 0 Å². The summed E-state index contributed by atoms with van der Waals surface area (Å²) in [4.78, 5) is 37.4. The predicted molar refractivity (Wildman–Crippen MR) is 104 cm³/mol. The minimum atomic E-state index is -0.550. The molecule has 1 aliphatic heterocycles. The molecule has 2 atom stereocenters. The lowest BCUT2D eigenvalue weighted by molar-refractivity contribution is -0.128. The molecule has 0 radical (unpaired) electrons. The number of fused-ring (bicyclic) bond motifs is 1. The number of benzene rings is 1. The van der Waals surface area contributed by atoms with E-state index in [4.69, 9.17) is 4.74 Å². The number of rotatable bonds is 6. The largest absolute Gasteiger partial charge is 0.467 e. The Labute approximate surface area is 162 Å². The summed E-state index contributed by atoms with van der Waals surface area (Å²) in [6, 6.07) is 16.5. The second-order valence-corrected chi connectivity index (χ2v) is 6.35. The molecule has 0 bridgehead atoms. The van der Waals surface area contributed by atoms with E-state index in [0.29, 0.717) is 23.4 Å². The summed E-state index contributed by atoms with van der Waals surface area (Å²) in [6.07, 6.45) is 4.97. The fraction of sp³-hybridized carbons (Fsp3) is 0.136. The summed E-state index contributed by atoms with van der Waals surface area (Å²) < 4.78 is 5.06. The first-order valence-electron chi connectivity index (χ1n) is 8.88. The molecule has 28 heavy (non-hydrogen) atoms. The van der Waals surface area contributed by atoms with Crippen LogP contribution in [0.5, 0.6) is 0 Å². The van der Waals surface area contributed by atoms with Crippen molar-refractivity contribution >= 4 is 24.2 Å². The predicted octanol–water partition coefficient (Wildman–Crippen LogP) is 3.46. The van der Waals surface area contributed by atoms with Gasteiger partial charge in [-0.05, 0) is 35.9 Å². The van der Waals surface area contributed by atoms with Gasteiger partial charge in [0.1, 0.15) is 6.61 Å². The van der Waals surface area contributed by atoms with Crippen molar-refractivity contribution in [2.75, 3.05) is 6.61 Å². The smallest absolute Gasteiger partial charge is 0.293 e. The molecule has 0 spiro atoms. The van der Waals surface area contributed by atoms with Crippen LogP contribution in [0, 0.1) is 0 Å². The summed E-state index contributed by atoms with van der Waals surface area (Å²) >= 11 is 0. The molecule has 2 unspecified atom stereocenters. The number of hydrogen-bond acceptors (Lipinski definition) is 6. The van der Waals surface area contributed by atoms with Gasteiger partial charge >= 0.3 is 0 Å². The molecule has 2 aromatic heterocycles. The second kappa shape index (κ2) is 7.92. The van der Waals surface area contributed by atoms with Crippen molar-refractivity contribution in [1.82, 2.24) is 9.97 Å². The number of aliphatic imine (C=N–C) groups is 1. The zero-order valence-corrected chi connectivity index (χ0v) is 14.9. The van der Waals surface area contributed by atoms with Gasteiger partial charge in [-0.15, -0.1) is 0 Å². The highest BCUT2D eigenvalue weighted by molar-refractivity contribution is 6.16. The number of Topliss-reactive ketones (excluding diaryl/α,β-unsaturated/α-hetero) is 1. The Morgan fingerprint density at radius 3 is 2.54 bits per heavy atom. The Kier molecular flexibility index (Phi) is 5.01. The van der Waals surface area contributed by atoms with Crippen molar-refractivity contribution in [3.8, 4) is 0 Å². The summed E-state index contributed by atoms with van der Waals surface area (Å²) in [7, 11) is 0. The topological polar surface area (TPSA) is 81.5 Å². The molecule has 0 N–H and O–H groups in total. The van der Waals surface area contributed by atoms with Crippen molar-refractivity contribution in [2.45, 2.75) is 11.8 Å². The number of aromatic nitrogens is 2. The van der Waals surface area contributed by atoms with Crippen molar-refractivity contribution < 1.29 is 14.3 Å². The van der Waals surface area contributed by atoms with Crippen molar-refractivity contribution in [3.05, 3.63) is 89.5 Å². The highest BCUT2D eigenvalue weighted by atomic mass is 16.5. The Morgan fingerprint density at radius 2 is 1.82 bits per heavy atom. The van der Waals surface area contributed by atoms with E-state index in [9.17, 15) is 9.59 Å². The van der Waals surface area contributed by atoms with Crippen LogP contribution >= 0.6 is 0 Å². The number of ether oxygens (including phenoxy) is 1. The Balaban J connectivity index is 1.81. The molecule has 138 valence electrons. The van der Waals surface area contributed by atoms with Gasteiger partial charge in [-0.3, -0.25) is 24.5 Å². The van der Waals surface area contributed by atoms with E-state index in [0.717, 1.165) is 11.3 Å². The van der Waals surface area contributed by atoms with E-state index in [-0.39, 0.29) is 18.3 Å². The Morgan fingerprint density at radius 1 is 1.00 bits per heavy atom. The monoisotopic (exact) mass is 371 g/mol. The molecule has 3 heterocycles. The first-order valence-corrected chi connectivity index (χ1v) is 8.88. The molecule has 0 fully saturated rings. The number of ketones is 1. The fourth-order valence-corrected chi connectivity index (χ4v) is 3.42. The summed E-state index contributed by atoms with van der Waals surface area (Å²) in [5, 5.41) is 0. The van der Waals surface area contributed by atoms with E-state index in [2.05, 4.69) is 15.0 Å². The van der Waals surface area contributed by atoms with Crippen LogP contribution in [-0.4, -0.2) is 35.0 Å². The van der Waals surface area contributed by atoms with Crippen LogP contribution in [0.25, 0.3) is 0 Å². The van der Waals surface area contributed by atoms with Gasteiger partial charge in [0.25, 0.3) is 6.47 Å². The molecule has 0 saturated heterocycles. The van der Waals surface area contributed by atoms with E-state index >= 15 is 0 Å². The van der Waals surface area contributed by atoms with Crippen molar-refractivity contribution in [2.24, 2.45) is 4.99 Å². The summed E-state index contributed by atoms with van der Waals surface area (Å²) in [5.74, 6) is -1.000. The van der Waals surface area contributed by atoms with E-state index in [1.165, 1.54) is 0 Å². The molecular weight excluding hydrogens is 354 g/mol. The van der Waals surface area contributed by atoms with Crippen LogP contribution in [0.4, 0.5) is 5.69 Å². The van der Waals surface area contributed by atoms with Gasteiger partial charge in [-0.2, -0.15) is 0 Å². The van der Waals surface area contributed by atoms with Gasteiger partial charge < -0.3 is 4.74 Å². The molecule has 0 amide bonds. The van der Waals surface area contributed by atoms with Crippen LogP contribution in [-0.2, 0) is 9.53 Å². The SMILES string of the molecule is O=COCC(c1ccccn1)c1cccc2c1C(=O)C(c1ccccn1)C=N2. The molecule has 6 nitrogen and oxygen atoms in total. The molecular formula is C22H17N3O3. The molecule has 0 saturated carbocycles. The van der Waals surface area contributed by atoms with Crippen molar-refractivity contribution in [1.29, 1.82) is 0 Å². The van der Waals surface area contributed by atoms with Crippen LogP contribution in [0.3, 0.4) is 0 Å². The number of pyridine rings is 2. The Hall–Kier alpha value is -3.67. The quantitative estimate of drug-likeness (QED) is 0.620. The number of nitrogens with zero attached hydrogens (tertiary/aromatic N) is 3. The second-order valence-electron chi connectivity index (χ2n) is 6.35. The van der Waals surface area contributed by atoms with Crippen molar-refractivity contribution in [3.63, 3.8) is 0 Å². The van der Waals surface area contributed by atoms with Crippen LogP contribution in [0.1, 0.15) is 39.1 Å². The molecule has 0 aliphatic carbocycles. The fourth-order valence-electron chi connectivity index (χ4n) is 3.42. The average molecular weight is 371 g/mol. The van der Waals surface area contributed by atoms with Gasteiger partial charge in [0, 0.05) is 24.2 Å². The van der Waals surface area contributed by atoms with Gasteiger partial charge in [0.15, 0.2) is 5.78 Å². The van der Waals surface area contributed by atoms with Gasteiger partial charge in [-0.1, -0.05) is 24.3 Å². The van der Waals surface area contributed by atoms with Crippen LogP contribution in [0.15, 0.2) is 72.0 Å². The normalized spacial score (nSPS) is 16.3. The number of hydrogen-bond donors (Lipinski definition) is 0. The van der Waals surface area contributed by atoms with Gasteiger partial charge in [0.05, 0.1) is 28.9 Å².